The molecule has 0 N–H and O–H groups in total. The van der Waals surface area contributed by atoms with Gasteiger partial charge in [-0.3, -0.25) is 9.98 Å². The van der Waals surface area contributed by atoms with E-state index in [-0.39, 0.29) is 17.1 Å². The predicted octanol–water partition coefficient (Wildman–Crippen LogP) is 4.16. The Morgan fingerprint density at radius 3 is 2.23 bits per heavy atom. The third kappa shape index (κ3) is 9.65. The Labute approximate surface area is 165 Å². The number of pyridine rings is 1. The van der Waals surface area contributed by atoms with Gasteiger partial charge in [0.1, 0.15) is 0 Å². The minimum Gasteiger partial charge on any atom is 2.00 e. The molecule has 0 spiro atoms. The van der Waals surface area contributed by atoms with E-state index in [1.807, 2.05) is 70.4 Å². The molecule has 0 aliphatic heterocycles. The van der Waals surface area contributed by atoms with E-state index in [0.29, 0.717) is 24.9 Å². The average molecular weight is 539 g/mol. The minimum absolute atomic E-state index is 0. The monoisotopic (exact) mass is 540 g/mol. The fourth-order valence-electron chi connectivity index (χ4n) is 1.55. The van der Waals surface area contributed by atoms with Gasteiger partial charge >= 0.3 is 50.2 Å². The second-order valence-corrected chi connectivity index (χ2v) is 3.95. The van der Waals surface area contributed by atoms with Crippen molar-refractivity contribution in [3.8, 4) is 0 Å². The summed E-state index contributed by atoms with van der Waals surface area (Å²) in [4.78, 5) is 8.43. The third-order valence-electron chi connectivity index (χ3n) is 2.49. The number of aliphatic imine (C=N–C) groups is 1. The second kappa shape index (κ2) is 15.1. The number of hydrogen-bond donors (Lipinski definition) is 0. The van der Waals surface area contributed by atoms with Crippen molar-refractivity contribution < 1.29 is 42.0 Å². The topological polar surface area (TPSA) is 25.2 Å². The van der Waals surface area contributed by atoms with Crippen molar-refractivity contribution >= 4 is 19.6 Å². The van der Waals surface area contributed by atoms with E-state index in [1.165, 1.54) is 0 Å². The summed E-state index contributed by atoms with van der Waals surface area (Å²) in [6.45, 7) is 1.97. The molecule has 0 unspecified atom stereocenters. The van der Waals surface area contributed by atoms with Gasteiger partial charge in [0.05, 0.1) is 11.9 Å². The van der Waals surface area contributed by atoms with Crippen LogP contribution in [0.2, 0.25) is 0 Å². The van der Waals surface area contributed by atoms with Crippen molar-refractivity contribution in [2.24, 2.45) is 4.99 Å². The van der Waals surface area contributed by atoms with Gasteiger partial charge in [0.15, 0.2) is 0 Å². The molecule has 22 heavy (non-hydrogen) atoms. The van der Waals surface area contributed by atoms with Gasteiger partial charge in [0.2, 0.25) is 0 Å². The van der Waals surface area contributed by atoms with Crippen LogP contribution < -0.4 is 0 Å². The van der Waals surface area contributed by atoms with Crippen LogP contribution in [-0.4, -0.2) is 10.7 Å². The fraction of sp³-hybridized carbons (Fsp3) is 0.0588. The quantitative estimate of drug-likeness (QED) is 0.315. The molecule has 3 rings (SSSR count). The van der Waals surface area contributed by atoms with E-state index < -0.39 is 0 Å². The SMILES string of the molecule is CC(=Nc1cccnc1)[C]1[C-][CH][CH][CH]1.[CH]1[CH][CH][CH][CH]1.[Cl][Hg+].[Fe+2]. The first-order valence-electron chi connectivity index (χ1n) is 6.39. The summed E-state index contributed by atoms with van der Waals surface area (Å²) in [6, 6.07) is 3.81. The number of aromatic nitrogens is 1. The van der Waals surface area contributed by atoms with Crippen molar-refractivity contribution in [2.45, 2.75) is 6.92 Å². The van der Waals surface area contributed by atoms with E-state index in [1.54, 1.807) is 12.4 Å². The molecule has 0 atom stereocenters. The van der Waals surface area contributed by atoms with Crippen LogP contribution in [0.15, 0.2) is 29.5 Å². The first-order chi connectivity index (χ1) is 10.4. The van der Waals surface area contributed by atoms with Gasteiger partial charge in [0.25, 0.3) is 0 Å². The minimum atomic E-state index is 0. The van der Waals surface area contributed by atoms with Gasteiger partial charge in [-0.1, -0.05) is 12.8 Å². The molecule has 10 radical (unpaired) electrons. The Morgan fingerprint density at radius 1 is 1.14 bits per heavy atom. The number of hydrogen-bond acceptors (Lipinski definition) is 2. The summed E-state index contributed by atoms with van der Waals surface area (Å²) in [5, 5.41) is 0. The molecule has 0 bridgehead atoms. The summed E-state index contributed by atoms with van der Waals surface area (Å²) >= 11 is 0.500. The van der Waals surface area contributed by atoms with Crippen LogP contribution in [0.1, 0.15) is 6.92 Å². The zero-order valence-electron chi connectivity index (χ0n) is 12.3. The van der Waals surface area contributed by atoms with Gasteiger partial charge < -0.3 is 6.42 Å². The van der Waals surface area contributed by atoms with E-state index in [0.717, 1.165) is 17.3 Å². The molecule has 1 heterocycles. The van der Waals surface area contributed by atoms with Crippen LogP contribution in [0.4, 0.5) is 5.69 Å². The Morgan fingerprint density at radius 2 is 1.77 bits per heavy atom. The maximum Gasteiger partial charge on any atom is 2.00 e. The third-order valence-corrected chi connectivity index (χ3v) is 2.49. The van der Waals surface area contributed by atoms with Crippen molar-refractivity contribution in [2.75, 3.05) is 0 Å². The fourth-order valence-corrected chi connectivity index (χ4v) is 1.55. The molecule has 0 amide bonds. The predicted molar refractivity (Wildman–Crippen MR) is 83.7 cm³/mol. The van der Waals surface area contributed by atoms with Crippen LogP contribution in [0.3, 0.4) is 0 Å². The molecule has 2 nitrogen and oxygen atoms in total. The summed E-state index contributed by atoms with van der Waals surface area (Å²) in [6.07, 6.45) is 22.4. The Balaban J connectivity index is 0.000000466. The first kappa shape index (κ1) is 22.6. The maximum absolute atomic E-state index is 4.83. The van der Waals surface area contributed by atoms with Crippen LogP contribution >= 0.6 is 8.25 Å². The Kier molecular flexibility index (Phi) is 15.5. The smallest absolute Gasteiger partial charge is 2.00 e. The first-order valence-corrected chi connectivity index (χ1v) is 13.2. The standard InChI is InChI=1S/C12H10N2.C5H5.ClH.Fe.Hg/c1-10(11-5-2-3-6-11)14-12-7-4-8-13-9-12;1-2-4-5-3-1;;;/h2-5,7-9H,1H3;1-5H;1H;;/q-1;;;2*+2/p-1. The van der Waals surface area contributed by atoms with Crippen LogP contribution in [-0.2, 0) is 42.0 Å². The molecule has 2 aliphatic carbocycles. The molecule has 0 saturated heterocycles. The molecule has 2 saturated carbocycles. The molecule has 2 fully saturated rings. The van der Waals surface area contributed by atoms with Crippen molar-refractivity contribution in [3.63, 3.8) is 0 Å². The number of halogens is 1. The van der Waals surface area contributed by atoms with E-state index in [2.05, 4.69) is 16.4 Å². The van der Waals surface area contributed by atoms with Crippen molar-refractivity contribution in [1.82, 2.24) is 4.98 Å². The molecular weight excluding hydrogens is 524 g/mol. The maximum atomic E-state index is 4.83. The molecule has 1 aromatic rings. The van der Waals surface area contributed by atoms with Crippen LogP contribution in [0.25, 0.3) is 0 Å². The molecule has 5 heteroatoms. The Hall–Kier alpha value is 0.565. The van der Waals surface area contributed by atoms with Crippen LogP contribution in [0.5, 0.6) is 0 Å². The second-order valence-electron chi connectivity index (χ2n) is 3.95. The largest absolute Gasteiger partial charge is 2.00 e. The molecule has 108 valence electrons. The van der Waals surface area contributed by atoms with Gasteiger partial charge in [0, 0.05) is 6.20 Å². The Bertz CT molecular complexity index is 383. The van der Waals surface area contributed by atoms with E-state index in [4.69, 9.17) is 8.25 Å². The van der Waals surface area contributed by atoms with Crippen molar-refractivity contribution in [1.29, 1.82) is 0 Å². The normalized spacial score (nSPS) is 17.7. The molecular formula is C17H15ClFeHgN2+2. The number of nitrogens with zero attached hydrogens (tertiary/aromatic N) is 2. The summed E-state index contributed by atoms with van der Waals surface area (Å²) in [5.41, 5.74) is 1.84. The van der Waals surface area contributed by atoms with Crippen LogP contribution in [0, 0.1) is 63.7 Å². The van der Waals surface area contributed by atoms with E-state index >= 15 is 0 Å². The zero-order valence-corrected chi connectivity index (χ0v) is 19.6. The zero-order chi connectivity index (χ0) is 15.3. The van der Waals surface area contributed by atoms with Gasteiger partial charge in [-0.15, -0.1) is 0 Å². The van der Waals surface area contributed by atoms with Gasteiger partial charge in [-0.25, -0.2) is 6.42 Å². The molecule has 2 aliphatic rings. The summed E-state index contributed by atoms with van der Waals surface area (Å²) in [7, 11) is 4.83. The van der Waals surface area contributed by atoms with Gasteiger partial charge in [-0.2, -0.15) is 5.92 Å². The molecule has 0 aromatic carbocycles. The number of rotatable bonds is 2. The average Bonchev–Trinajstić information content (AvgIpc) is 3.26. The van der Waals surface area contributed by atoms with E-state index in [9.17, 15) is 0 Å². The van der Waals surface area contributed by atoms with Crippen molar-refractivity contribution in [3.05, 3.63) is 88.2 Å². The van der Waals surface area contributed by atoms with Gasteiger partial charge in [-0.05, 0) is 56.9 Å². The summed E-state index contributed by atoms with van der Waals surface area (Å²) < 4.78 is 0. The summed E-state index contributed by atoms with van der Waals surface area (Å²) in [5.74, 6) is 1.04. The molecule has 1 aromatic heterocycles.